The maximum atomic E-state index is 11.1. The van der Waals surface area contributed by atoms with E-state index in [1.54, 1.807) is 0 Å². The highest BCUT2D eigenvalue weighted by Gasteiger charge is 2.55. The second-order valence-corrected chi connectivity index (χ2v) is 9.10. The third kappa shape index (κ3) is 9.69. The first-order valence-corrected chi connectivity index (χ1v) is 12.7. The Labute approximate surface area is 254 Å². The Balaban J connectivity index is 0.00000355. The molecule has 260 valence electrons. The van der Waals surface area contributed by atoms with Crippen LogP contribution in [0.3, 0.4) is 0 Å². The molecule has 19 nitrogen and oxygen atoms in total. The largest absolute Gasteiger partial charge is 0.435 e. The summed E-state index contributed by atoms with van der Waals surface area (Å²) in [6.07, 6.45) is -25.2. The van der Waals surface area contributed by atoms with Crippen LogP contribution in [0, 0.1) is 0 Å². The first-order chi connectivity index (χ1) is 20.0. The molecule has 0 amide bonds. The van der Waals surface area contributed by atoms with Gasteiger partial charge in [0.2, 0.25) is 18.9 Å². The van der Waals surface area contributed by atoms with Crippen LogP contribution in [0.4, 0.5) is 0 Å². The monoisotopic (exact) mass is 650 g/mol. The maximum Gasteiger partial charge on any atom is 0.295 e. The molecule has 3 aliphatic rings. The van der Waals surface area contributed by atoms with Gasteiger partial charge in [0.05, 0.1) is 0 Å². The van der Waals surface area contributed by atoms with Gasteiger partial charge >= 0.3 is 0 Å². The fourth-order valence-corrected chi connectivity index (χ4v) is 4.18. The molecule has 3 fully saturated rings. The molecule has 3 heterocycles. The predicted molar refractivity (Wildman–Crippen MR) is 140 cm³/mol. The van der Waals surface area contributed by atoms with Crippen LogP contribution in [0.15, 0.2) is 0 Å². The predicted octanol–water partition coefficient (Wildman–Crippen LogP) is -3.16. The van der Waals surface area contributed by atoms with Gasteiger partial charge in [-0.1, -0.05) is 35.1 Å². The highest BCUT2D eigenvalue weighted by atomic mass is 16.8. The van der Waals surface area contributed by atoms with Crippen molar-refractivity contribution in [3.05, 3.63) is 0 Å². The lowest BCUT2D eigenvalue weighted by Gasteiger charge is -2.47. The third-order valence-corrected chi connectivity index (χ3v) is 6.16. The first kappa shape index (κ1) is 41.9. The van der Waals surface area contributed by atoms with E-state index in [4.69, 9.17) is 42.6 Å². The van der Waals surface area contributed by atoms with Crippen LogP contribution in [0.2, 0.25) is 0 Å². The van der Waals surface area contributed by atoms with Crippen molar-refractivity contribution >= 4 is 19.4 Å². The molecule has 44 heavy (non-hydrogen) atoms. The van der Waals surface area contributed by atoms with Crippen molar-refractivity contribution in [3.63, 3.8) is 0 Å². The van der Waals surface area contributed by atoms with Gasteiger partial charge in [0.15, 0.2) is 31.1 Å². The van der Waals surface area contributed by atoms with Gasteiger partial charge in [-0.2, -0.15) is 0 Å². The van der Waals surface area contributed by atoms with Crippen LogP contribution < -0.4 is 0 Å². The van der Waals surface area contributed by atoms with Gasteiger partial charge in [-0.25, -0.2) is 0 Å². The van der Waals surface area contributed by atoms with Gasteiger partial charge in [-0.05, 0) is 0 Å². The molecule has 3 saturated heterocycles. The first-order valence-electron chi connectivity index (χ1n) is 12.7. The zero-order valence-electron chi connectivity index (χ0n) is 23.1. The van der Waals surface area contributed by atoms with Gasteiger partial charge in [0.25, 0.3) is 19.4 Å². The van der Waals surface area contributed by atoms with Crippen LogP contribution in [0.1, 0.15) is 35.1 Å². The summed E-state index contributed by atoms with van der Waals surface area (Å²) in [4.78, 5) is 32.8. The zero-order valence-corrected chi connectivity index (χ0v) is 23.1. The number of hydrogen-bond acceptors (Lipinski definition) is 19. The summed E-state index contributed by atoms with van der Waals surface area (Å²) < 4.78 is 50.7. The molecule has 6 unspecified atom stereocenters. The molecule has 0 aliphatic carbocycles. The second kappa shape index (κ2) is 20.1. The summed E-state index contributed by atoms with van der Waals surface area (Å²) in [7, 11) is 2.28. The molecule has 0 saturated carbocycles. The van der Waals surface area contributed by atoms with Crippen molar-refractivity contribution in [3.8, 4) is 0 Å². The van der Waals surface area contributed by atoms with Gasteiger partial charge in [0.1, 0.15) is 42.7 Å². The van der Waals surface area contributed by atoms with Crippen molar-refractivity contribution in [1.82, 2.24) is 0 Å². The molecule has 3 aliphatic heterocycles. The number of rotatable bonds is 12. The molecule has 0 aromatic rings. The minimum absolute atomic E-state index is 0. The Kier molecular flexibility index (Phi) is 19.1. The number of methoxy groups -OCH3 is 2. The number of aliphatic hydroxyl groups is 6. The van der Waals surface area contributed by atoms with E-state index in [9.17, 15) is 45.0 Å². The number of aliphatic hydroxyl groups excluding tert-OH is 6. The van der Waals surface area contributed by atoms with Crippen LogP contribution in [0.25, 0.3) is 0 Å². The van der Waals surface area contributed by atoms with Gasteiger partial charge in [-0.3, -0.25) is 14.4 Å². The quantitative estimate of drug-likeness (QED) is 0.0899. The Bertz CT molecular complexity index is 820. The zero-order chi connectivity index (χ0) is 31.6. The lowest BCUT2D eigenvalue weighted by atomic mass is 10.0. The highest BCUT2D eigenvalue weighted by Crippen LogP contribution is 2.33. The fourth-order valence-electron chi connectivity index (χ4n) is 4.18. The topological polar surface area (TPSA) is 265 Å². The number of ether oxygens (including phenoxy) is 10. The normalized spacial score (nSPS) is 41.7. The van der Waals surface area contributed by atoms with Crippen LogP contribution in [0.5, 0.6) is 0 Å². The number of hydrogen-bond donors (Lipinski definition) is 6. The van der Waals surface area contributed by atoms with Crippen molar-refractivity contribution in [2.24, 2.45) is 0 Å². The SMILES string of the molecule is C.C.CCC.CO[C@H]1OC(OC=O)[C@H](O[C@H]2OC(OC=O)[C@H](O[C@H]3OC(OC=O)[C@H](OC)[C@H](O)C3O)[C@H](O)C2O)[C@H](O)C1O. The van der Waals surface area contributed by atoms with Crippen molar-refractivity contribution in [2.75, 3.05) is 14.2 Å². The van der Waals surface area contributed by atoms with Crippen LogP contribution in [-0.4, -0.2) is 157 Å². The van der Waals surface area contributed by atoms with Crippen LogP contribution >= 0.6 is 0 Å². The van der Waals surface area contributed by atoms with Gasteiger partial charge < -0.3 is 78.0 Å². The van der Waals surface area contributed by atoms with E-state index in [-0.39, 0.29) is 34.3 Å². The highest BCUT2D eigenvalue weighted by molar-refractivity contribution is 5.38. The molecule has 0 radical (unpaired) electrons. The van der Waals surface area contributed by atoms with E-state index in [0.717, 1.165) is 14.2 Å². The molecular formula is C25H46O19. The van der Waals surface area contributed by atoms with Crippen molar-refractivity contribution < 1.29 is 92.4 Å². The molecule has 0 spiro atoms. The van der Waals surface area contributed by atoms with Gasteiger partial charge in [-0.15, -0.1) is 0 Å². The Morgan fingerprint density at radius 2 is 0.795 bits per heavy atom. The van der Waals surface area contributed by atoms with Crippen LogP contribution in [-0.2, 0) is 61.8 Å². The van der Waals surface area contributed by atoms with Crippen molar-refractivity contribution in [1.29, 1.82) is 0 Å². The molecule has 6 N–H and O–H groups in total. The minimum atomic E-state index is -2.04. The lowest BCUT2D eigenvalue weighted by Crippen LogP contribution is -2.66. The van der Waals surface area contributed by atoms with E-state index < -0.39 is 92.7 Å². The summed E-state index contributed by atoms with van der Waals surface area (Å²) in [5, 5.41) is 62.8. The maximum absolute atomic E-state index is 11.1. The summed E-state index contributed by atoms with van der Waals surface area (Å²) in [6.45, 7) is 4.07. The summed E-state index contributed by atoms with van der Waals surface area (Å²) in [5.41, 5.74) is 0. The summed E-state index contributed by atoms with van der Waals surface area (Å²) >= 11 is 0. The number of carbonyl (C=O) groups excluding carboxylic acids is 3. The Morgan fingerprint density at radius 3 is 1.11 bits per heavy atom. The summed E-state index contributed by atoms with van der Waals surface area (Å²) in [5.74, 6) is 0. The Hall–Kier alpha value is -2.11. The van der Waals surface area contributed by atoms with E-state index in [1.807, 2.05) is 0 Å². The molecule has 0 bridgehead atoms. The molecular weight excluding hydrogens is 604 g/mol. The number of carbonyl (C=O) groups is 3. The van der Waals surface area contributed by atoms with Crippen molar-refractivity contribution in [2.45, 2.75) is 128 Å². The minimum Gasteiger partial charge on any atom is -0.435 e. The molecule has 19 heteroatoms. The molecule has 3 rings (SSSR count). The smallest absolute Gasteiger partial charge is 0.295 e. The fraction of sp³-hybridized carbons (Fsp3) is 0.880. The lowest BCUT2D eigenvalue weighted by molar-refractivity contribution is -0.413. The Morgan fingerprint density at radius 1 is 0.500 bits per heavy atom. The molecule has 15 atom stereocenters. The summed E-state index contributed by atoms with van der Waals surface area (Å²) in [6, 6.07) is 0. The molecule has 0 aromatic heterocycles. The van der Waals surface area contributed by atoms with E-state index >= 15 is 0 Å². The average molecular weight is 651 g/mol. The standard InChI is InChI=1S/C20H30O19.C3H8.2CH4/c1-30-12-6(24)10(28)16(38-18(12)32-3-21)36-14-8(26)11(29)17(39-20(14)34-5-23)35-13-7(25)9(27)15(31-2)37-19(13)33-4-22;1-3-2;;/h3-20,24-29H,1-2H3;3H2,1-2H3;2*1H4/t6-,7-,8-,9?,10?,11?,12-,13-,14-,15+,16+,17+,18?,19?,20?;;;/m1.../s1. The average Bonchev–Trinajstić information content (AvgIpc) is 2.96. The van der Waals surface area contributed by atoms with E-state index in [0.29, 0.717) is 0 Å². The van der Waals surface area contributed by atoms with E-state index in [2.05, 4.69) is 18.6 Å². The van der Waals surface area contributed by atoms with Gasteiger partial charge in [0, 0.05) is 14.2 Å². The third-order valence-electron chi connectivity index (χ3n) is 6.16. The molecule has 0 aromatic carbocycles. The second-order valence-electron chi connectivity index (χ2n) is 9.10. The van der Waals surface area contributed by atoms with E-state index in [1.165, 1.54) is 6.42 Å².